The monoisotopic (exact) mass is 497 g/mol. The number of nitrogens with zero attached hydrogens (tertiary/aromatic N) is 3. The lowest BCUT2D eigenvalue weighted by Gasteiger charge is -2.39. The van der Waals surface area contributed by atoms with E-state index in [1.165, 1.54) is 30.5 Å². The van der Waals surface area contributed by atoms with Gasteiger partial charge in [0.25, 0.3) is 5.91 Å². The van der Waals surface area contributed by atoms with Gasteiger partial charge in [0.15, 0.2) is 0 Å². The van der Waals surface area contributed by atoms with Crippen molar-refractivity contribution in [2.75, 3.05) is 31.1 Å². The minimum absolute atomic E-state index is 0.188. The number of carbonyl (C=O) groups is 1. The molecular weight excluding hydrogens is 475 g/mol. The Bertz CT molecular complexity index is 1280. The number of piperidine rings is 1. The summed E-state index contributed by atoms with van der Waals surface area (Å²) >= 11 is 5.99. The molecule has 0 saturated carbocycles. The summed E-state index contributed by atoms with van der Waals surface area (Å²) in [5.74, 6) is -1.72. The Kier molecular flexibility index (Phi) is 6.38. The van der Waals surface area contributed by atoms with Crippen molar-refractivity contribution in [2.24, 2.45) is 0 Å². The number of halogens is 4. The molecule has 0 aliphatic carbocycles. The summed E-state index contributed by atoms with van der Waals surface area (Å²) in [4.78, 5) is 21.2. The van der Waals surface area contributed by atoms with Crippen molar-refractivity contribution in [3.05, 3.63) is 100 Å². The van der Waals surface area contributed by atoms with E-state index < -0.39 is 11.6 Å². The molecule has 180 valence electrons. The number of fused-ring (bicyclic) bond motifs is 2. The van der Waals surface area contributed by atoms with Gasteiger partial charge in [-0.25, -0.2) is 18.2 Å². The number of anilines is 1. The smallest absolute Gasteiger partial charge is 0.258 e. The molecule has 0 radical (unpaired) electrons. The van der Waals surface area contributed by atoms with Gasteiger partial charge in [-0.1, -0.05) is 23.8 Å². The molecule has 1 saturated heterocycles. The van der Waals surface area contributed by atoms with Gasteiger partial charge < -0.3 is 4.90 Å². The van der Waals surface area contributed by atoms with Crippen molar-refractivity contribution in [3.8, 4) is 0 Å². The molecule has 1 amide bonds. The topological polar surface area (TPSA) is 36.4 Å². The van der Waals surface area contributed by atoms with Crippen molar-refractivity contribution in [1.29, 1.82) is 0 Å². The molecule has 0 unspecified atom stereocenters. The number of aromatic nitrogens is 1. The van der Waals surface area contributed by atoms with E-state index in [1.54, 1.807) is 29.2 Å². The lowest BCUT2D eigenvalue weighted by Crippen LogP contribution is -2.46. The fraction of sp³-hybridized carbons (Fsp3) is 0.259. The van der Waals surface area contributed by atoms with E-state index in [4.69, 9.17) is 11.6 Å². The molecule has 2 aliphatic rings. The Morgan fingerprint density at radius 3 is 2.46 bits per heavy atom. The van der Waals surface area contributed by atoms with Crippen molar-refractivity contribution >= 4 is 29.3 Å². The number of amides is 1. The van der Waals surface area contributed by atoms with E-state index in [0.717, 1.165) is 43.2 Å². The number of carbonyl (C=O) groups excluding carboxylic acids is 1. The third kappa shape index (κ3) is 4.83. The summed E-state index contributed by atoms with van der Waals surface area (Å²) in [7, 11) is 0. The van der Waals surface area contributed by atoms with E-state index in [-0.39, 0.29) is 22.3 Å². The highest BCUT2D eigenvalue weighted by Crippen LogP contribution is 2.47. The van der Waals surface area contributed by atoms with Crippen LogP contribution in [0, 0.1) is 17.5 Å². The van der Waals surface area contributed by atoms with Gasteiger partial charge in [-0.3, -0.25) is 9.69 Å². The fourth-order valence-electron chi connectivity index (χ4n) is 5.11. The second-order valence-electron chi connectivity index (χ2n) is 9.11. The Labute approximate surface area is 206 Å². The van der Waals surface area contributed by atoms with Crippen LogP contribution in [0.15, 0.2) is 60.8 Å². The van der Waals surface area contributed by atoms with Crippen LogP contribution in [0.4, 0.5) is 18.9 Å². The second kappa shape index (κ2) is 9.47. The molecule has 1 spiro atoms. The van der Waals surface area contributed by atoms with Gasteiger partial charge >= 0.3 is 0 Å². The van der Waals surface area contributed by atoms with E-state index in [0.29, 0.717) is 24.2 Å². The van der Waals surface area contributed by atoms with Crippen LogP contribution in [0.25, 0.3) is 6.08 Å². The Morgan fingerprint density at radius 2 is 1.74 bits per heavy atom. The molecule has 3 aromatic rings. The van der Waals surface area contributed by atoms with E-state index >= 15 is 0 Å². The van der Waals surface area contributed by atoms with Crippen LogP contribution in [0.5, 0.6) is 0 Å². The molecule has 1 fully saturated rings. The van der Waals surface area contributed by atoms with E-state index in [9.17, 15) is 18.0 Å². The van der Waals surface area contributed by atoms with Gasteiger partial charge in [-0.15, -0.1) is 0 Å². The minimum atomic E-state index is -0.607. The number of pyridine rings is 1. The normalized spacial score (nSPS) is 17.3. The number of rotatable bonds is 4. The summed E-state index contributed by atoms with van der Waals surface area (Å²) in [5.41, 5.74) is 2.16. The largest absolute Gasteiger partial charge is 0.307 e. The zero-order chi connectivity index (χ0) is 24.6. The molecule has 1 aromatic heterocycles. The first kappa shape index (κ1) is 23.6. The number of likely N-dealkylation sites (tertiary alicyclic amines) is 1. The first-order valence-electron chi connectivity index (χ1n) is 11.4. The first-order chi connectivity index (χ1) is 16.8. The third-order valence-electron chi connectivity index (χ3n) is 6.87. The summed E-state index contributed by atoms with van der Waals surface area (Å²) in [6.07, 6.45) is 6.60. The van der Waals surface area contributed by atoms with Gasteiger partial charge in [-0.05, 0) is 79.5 Å². The van der Waals surface area contributed by atoms with E-state index in [2.05, 4.69) is 9.88 Å². The summed E-state index contributed by atoms with van der Waals surface area (Å²) in [6, 6.07) is 11.2. The molecule has 0 bridgehead atoms. The van der Waals surface area contributed by atoms with Gasteiger partial charge in [-0.2, -0.15) is 0 Å². The zero-order valence-electron chi connectivity index (χ0n) is 18.9. The Balaban J connectivity index is 1.31. The minimum Gasteiger partial charge on any atom is -0.307 e. The predicted octanol–water partition coefficient (Wildman–Crippen LogP) is 5.86. The van der Waals surface area contributed by atoms with Crippen LogP contribution in [0.2, 0.25) is 5.15 Å². The molecular formula is C27H23ClF3N3O. The lowest BCUT2D eigenvalue weighted by atomic mass is 9.74. The molecule has 0 N–H and O–H groups in total. The fourth-order valence-corrected chi connectivity index (χ4v) is 5.29. The summed E-state index contributed by atoms with van der Waals surface area (Å²) in [6.45, 7) is 2.60. The van der Waals surface area contributed by atoms with Gasteiger partial charge in [0, 0.05) is 42.0 Å². The quantitative estimate of drug-likeness (QED) is 0.424. The van der Waals surface area contributed by atoms with Gasteiger partial charge in [0.2, 0.25) is 0 Å². The maximum absolute atomic E-state index is 14.3. The molecule has 35 heavy (non-hydrogen) atoms. The van der Waals surface area contributed by atoms with Crippen molar-refractivity contribution in [1.82, 2.24) is 9.88 Å². The third-order valence-corrected chi connectivity index (χ3v) is 7.08. The SMILES string of the molecule is O=C(c1ccnc(Cl)c1)N1CC2(CCN(C/C=C/c3cc(F)cc(F)c3)CC2)c2cc(F)ccc21. The lowest BCUT2D eigenvalue weighted by molar-refractivity contribution is 0.0977. The van der Waals surface area contributed by atoms with Crippen LogP contribution >= 0.6 is 11.6 Å². The highest BCUT2D eigenvalue weighted by Gasteiger charge is 2.46. The van der Waals surface area contributed by atoms with Crippen molar-refractivity contribution < 1.29 is 18.0 Å². The first-order valence-corrected chi connectivity index (χ1v) is 11.8. The molecule has 0 atom stereocenters. The predicted molar refractivity (Wildman–Crippen MR) is 130 cm³/mol. The standard InChI is InChI=1S/C27H23ClF3N3O/c28-25-14-19(5-8-32-25)26(35)34-17-27(23-16-20(29)3-4-24(23)34)6-10-33(11-7-27)9-1-2-18-12-21(30)15-22(31)13-18/h1-5,8,12-16H,6-7,9-11,17H2/b2-1+. The Hall–Kier alpha value is -3.16. The van der Waals surface area contributed by atoms with Gasteiger partial charge in [0.1, 0.15) is 22.6 Å². The number of hydrogen-bond acceptors (Lipinski definition) is 3. The molecule has 8 heteroatoms. The van der Waals surface area contributed by atoms with Crippen LogP contribution < -0.4 is 4.90 Å². The number of benzene rings is 2. The highest BCUT2D eigenvalue weighted by molar-refractivity contribution is 6.29. The van der Waals surface area contributed by atoms with E-state index in [1.807, 2.05) is 6.08 Å². The van der Waals surface area contributed by atoms with Crippen molar-refractivity contribution in [2.45, 2.75) is 18.3 Å². The van der Waals surface area contributed by atoms with Crippen LogP contribution in [-0.2, 0) is 5.41 Å². The van der Waals surface area contributed by atoms with Gasteiger partial charge in [0.05, 0.1) is 0 Å². The molecule has 2 aromatic carbocycles. The molecule has 2 aliphatic heterocycles. The average Bonchev–Trinajstić information content (AvgIpc) is 3.12. The summed E-state index contributed by atoms with van der Waals surface area (Å²) < 4.78 is 41.1. The summed E-state index contributed by atoms with van der Waals surface area (Å²) in [5, 5.41) is 0.242. The number of hydrogen-bond donors (Lipinski definition) is 0. The van der Waals surface area contributed by atoms with Crippen LogP contribution in [0.3, 0.4) is 0 Å². The molecule has 3 heterocycles. The molecule has 5 rings (SSSR count). The average molecular weight is 498 g/mol. The zero-order valence-corrected chi connectivity index (χ0v) is 19.6. The Morgan fingerprint density at radius 1 is 1.00 bits per heavy atom. The highest BCUT2D eigenvalue weighted by atomic mass is 35.5. The maximum atomic E-state index is 14.3. The van der Waals surface area contributed by atoms with Crippen molar-refractivity contribution in [3.63, 3.8) is 0 Å². The second-order valence-corrected chi connectivity index (χ2v) is 9.49. The maximum Gasteiger partial charge on any atom is 0.258 e. The van der Waals surface area contributed by atoms with Crippen LogP contribution in [-0.4, -0.2) is 42.0 Å². The van der Waals surface area contributed by atoms with Crippen LogP contribution in [0.1, 0.15) is 34.3 Å². The molecule has 4 nitrogen and oxygen atoms in total.